The first-order valence-electron chi connectivity index (χ1n) is 8.40. The topological polar surface area (TPSA) is 76.7 Å². The molecule has 2 rings (SSSR count). The third-order valence-electron chi connectivity index (χ3n) is 3.95. The molecule has 0 aliphatic rings. The molecule has 138 valence electrons. The van der Waals surface area contributed by atoms with E-state index in [1.54, 1.807) is 14.2 Å². The first-order chi connectivity index (χ1) is 12.6. The van der Waals surface area contributed by atoms with Crippen molar-refractivity contribution in [1.82, 2.24) is 10.6 Å². The molecule has 0 spiro atoms. The van der Waals surface area contributed by atoms with Gasteiger partial charge in [-0.1, -0.05) is 42.5 Å². The Labute approximate surface area is 153 Å². The molecule has 0 saturated carbocycles. The maximum absolute atomic E-state index is 12.0. The third kappa shape index (κ3) is 5.89. The van der Waals surface area contributed by atoms with E-state index >= 15 is 0 Å². The molecule has 1 unspecified atom stereocenters. The van der Waals surface area contributed by atoms with Crippen LogP contribution in [0.4, 0.5) is 0 Å². The van der Waals surface area contributed by atoms with Crippen LogP contribution in [-0.2, 0) is 20.7 Å². The Kier molecular flexibility index (Phi) is 7.64. The Balaban J connectivity index is 1.79. The maximum Gasteiger partial charge on any atom is 0.309 e. The van der Waals surface area contributed by atoms with Gasteiger partial charge in [-0.3, -0.25) is 9.59 Å². The first-order valence-corrected chi connectivity index (χ1v) is 8.40. The summed E-state index contributed by atoms with van der Waals surface area (Å²) in [4.78, 5) is 23.8. The summed E-state index contributed by atoms with van der Waals surface area (Å²) in [6.07, 6.45) is 0.302. The Hall–Kier alpha value is -2.86. The van der Waals surface area contributed by atoms with Crippen LogP contribution in [0.15, 0.2) is 54.6 Å². The minimum atomic E-state index is -0.678. The molecule has 2 N–H and O–H groups in total. The van der Waals surface area contributed by atoms with E-state index in [9.17, 15) is 9.59 Å². The highest BCUT2D eigenvalue weighted by molar-refractivity contribution is 6.35. The van der Waals surface area contributed by atoms with Crippen molar-refractivity contribution in [2.45, 2.75) is 12.5 Å². The average molecular weight is 356 g/mol. The second kappa shape index (κ2) is 10.2. The van der Waals surface area contributed by atoms with Gasteiger partial charge in [0.25, 0.3) is 0 Å². The van der Waals surface area contributed by atoms with Gasteiger partial charge in [0.15, 0.2) is 0 Å². The van der Waals surface area contributed by atoms with E-state index in [0.717, 1.165) is 11.1 Å². The summed E-state index contributed by atoms with van der Waals surface area (Å²) in [6, 6.07) is 17.1. The summed E-state index contributed by atoms with van der Waals surface area (Å²) in [7, 11) is 3.14. The fourth-order valence-corrected chi connectivity index (χ4v) is 2.49. The van der Waals surface area contributed by atoms with E-state index in [4.69, 9.17) is 9.47 Å². The fraction of sp³-hybridized carbons (Fsp3) is 0.300. The number of hydrogen-bond acceptors (Lipinski definition) is 4. The van der Waals surface area contributed by atoms with Gasteiger partial charge in [0.1, 0.15) is 5.75 Å². The molecule has 0 bridgehead atoms. The molecule has 2 amide bonds. The Morgan fingerprint density at radius 3 is 2.38 bits per heavy atom. The van der Waals surface area contributed by atoms with Crippen LogP contribution in [0.1, 0.15) is 17.2 Å². The Morgan fingerprint density at radius 2 is 1.69 bits per heavy atom. The zero-order valence-corrected chi connectivity index (χ0v) is 15.0. The Bertz CT molecular complexity index is 719. The molecular weight excluding hydrogens is 332 g/mol. The van der Waals surface area contributed by atoms with Gasteiger partial charge in [0.2, 0.25) is 0 Å². The number of carbonyl (C=O) groups excluding carboxylic acids is 2. The lowest BCUT2D eigenvalue weighted by Gasteiger charge is -2.17. The van der Waals surface area contributed by atoms with Gasteiger partial charge >= 0.3 is 11.8 Å². The number of hydrogen-bond donors (Lipinski definition) is 2. The second-order valence-electron chi connectivity index (χ2n) is 5.70. The summed E-state index contributed by atoms with van der Waals surface area (Å²) in [5, 5.41) is 5.22. The number of benzene rings is 2. The number of ether oxygens (including phenoxy) is 2. The van der Waals surface area contributed by atoms with Gasteiger partial charge < -0.3 is 20.1 Å². The first kappa shape index (κ1) is 19.5. The van der Waals surface area contributed by atoms with E-state index in [1.807, 2.05) is 54.6 Å². The van der Waals surface area contributed by atoms with Crippen LogP contribution in [0.2, 0.25) is 0 Å². The minimum Gasteiger partial charge on any atom is -0.497 e. The smallest absolute Gasteiger partial charge is 0.309 e. The number of carbonyl (C=O) groups is 2. The molecule has 2 aromatic rings. The summed E-state index contributed by atoms with van der Waals surface area (Å²) in [5.74, 6) is -0.626. The molecule has 1 atom stereocenters. The zero-order chi connectivity index (χ0) is 18.8. The van der Waals surface area contributed by atoms with Crippen LogP contribution in [0.25, 0.3) is 0 Å². The van der Waals surface area contributed by atoms with Crippen molar-refractivity contribution in [2.24, 2.45) is 0 Å². The fourth-order valence-electron chi connectivity index (χ4n) is 2.49. The average Bonchev–Trinajstić information content (AvgIpc) is 2.69. The van der Waals surface area contributed by atoms with Crippen LogP contribution in [-0.4, -0.2) is 39.1 Å². The lowest BCUT2D eigenvalue weighted by Crippen LogP contribution is -2.42. The SMILES string of the molecule is COc1cccc(C(CNC(=O)C(=O)NCCc2ccccc2)OC)c1. The lowest BCUT2D eigenvalue weighted by atomic mass is 10.1. The van der Waals surface area contributed by atoms with Crippen molar-refractivity contribution in [3.05, 3.63) is 65.7 Å². The second-order valence-corrected chi connectivity index (χ2v) is 5.70. The molecule has 0 fully saturated rings. The predicted octanol–water partition coefficient (Wildman–Crippen LogP) is 1.86. The molecule has 26 heavy (non-hydrogen) atoms. The number of nitrogens with one attached hydrogen (secondary N) is 2. The standard InChI is InChI=1S/C20H24N2O4/c1-25-17-10-6-9-16(13-17)18(26-2)14-22-20(24)19(23)21-12-11-15-7-4-3-5-8-15/h3-10,13,18H,11-12,14H2,1-2H3,(H,21,23)(H,22,24). The van der Waals surface area contributed by atoms with Crippen molar-refractivity contribution in [2.75, 3.05) is 27.3 Å². The van der Waals surface area contributed by atoms with Crippen LogP contribution >= 0.6 is 0 Å². The number of methoxy groups -OCH3 is 2. The Morgan fingerprint density at radius 1 is 0.962 bits per heavy atom. The minimum absolute atomic E-state index is 0.189. The number of amides is 2. The summed E-state index contributed by atoms with van der Waals surface area (Å²) in [5.41, 5.74) is 1.96. The van der Waals surface area contributed by atoms with Crippen LogP contribution in [0.5, 0.6) is 5.75 Å². The molecule has 0 saturated heterocycles. The molecule has 0 radical (unpaired) electrons. The van der Waals surface area contributed by atoms with Gasteiger partial charge in [0, 0.05) is 20.2 Å². The van der Waals surface area contributed by atoms with Crippen molar-refractivity contribution in [3.8, 4) is 5.75 Å². The van der Waals surface area contributed by atoms with E-state index in [2.05, 4.69) is 10.6 Å². The highest BCUT2D eigenvalue weighted by Gasteiger charge is 2.17. The van der Waals surface area contributed by atoms with Gasteiger partial charge in [-0.15, -0.1) is 0 Å². The molecule has 0 aliphatic heterocycles. The summed E-state index contributed by atoms with van der Waals surface area (Å²) >= 11 is 0. The van der Waals surface area contributed by atoms with Crippen molar-refractivity contribution >= 4 is 11.8 Å². The van der Waals surface area contributed by atoms with Crippen molar-refractivity contribution in [1.29, 1.82) is 0 Å². The predicted molar refractivity (Wildman–Crippen MR) is 98.9 cm³/mol. The summed E-state index contributed by atoms with van der Waals surface area (Å²) < 4.78 is 10.6. The molecule has 6 nitrogen and oxygen atoms in total. The lowest BCUT2D eigenvalue weighted by molar-refractivity contribution is -0.139. The normalized spacial score (nSPS) is 11.5. The van der Waals surface area contributed by atoms with Crippen molar-refractivity contribution in [3.63, 3.8) is 0 Å². The van der Waals surface area contributed by atoms with Gasteiger partial charge in [-0.25, -0.2) is 0 Å². The zero-order valence-electron chi connectivity index (χ0n) is 15.0. The van der Waals surface area contributed by atoms with E-state index < -0.39 is 11.8 Å². The monoisotopic (exact) mass is 356 g/mol. The highest BCUT2D eigenvalue weighted by atomic mass is 16.5. The van der Waals surface area contributed by atoms with Crippen LogP contribution in [0.3, 0.4) is 0 Å². The quantitative estimate of drug-likeness (QED) is 0.708. The third-order valence-corrected chi connectivity index (χ3v) is 3.95. The van der Waals surface area contributed by atoms with Crippen molar-refractivity contribution < 1.29 is 19.1 Å². The van der Waals surface area contributed by atoms with E-state index in [0.29, 0.717) is 18.7 Å². The van der Waals surface area contributed by atoms with Gasteiger partial charge in [0.05, 0.1) is 13.2 Å². The van der Waals surface area contributed by atoms with Gasteiger partial charge in [-0.05, 0) is 29.7 Å². The molecule has 0 aromatic heterocycles. The molecule has 0 aliphatic carbocycles. The van der Waals surface area contributed by atoms with Crippen LogP contribution < -0.4 is 15.4 Å². The van der Waals surface area contributed by atoms with E-state index in [1.165, 1.54) is 0 Å². The van der Waals surface area contributed by atoms with E-state index in [-0.39, 0.29) is 12.6 Å². The van der Waals surface area contributed by atoms with Crippen LogP contribution in [0, 0.1) is 0 Å². The molecule has 0 heterocycles. The summed E-state index contributed by atoms with van der Waals surface area (Å²) in [6.45, 7) is 0.592. The molecular formula is C20H24N2O4. The van der Waals surface area contributed by atoms with Gasteiger partial charge in [-0.2, -0.15) is 0 Å². The number of rotatable bonds is 8. The largest absolute Gasteiger partial charge is 0.497 e. The molecule has 6 heteroatoms. The highest BCUT2D eigenvalue weighted by Crippen LogP contribution is 2.20. The molecule has 2 aromatic carbocycles. The maximum atomic E-state index is 12.0.